The van der Waals surface area contributed by atoms with Crippen LogP contribution in [0.5, 0.6) is 0 Å². The van der Waals surface area contributed by atoms with Crippen molar-refractivity contribution in [2.45, 2.75) is 18.9 Å². The van der Waals surface area contributed by atoms with Gasteiger partial charge in [-0.05, 0) is 87.7 Å². The van der Waals surface area contributed by atoms with Gasteiger partial charge >= 0.3 is 0 Å². The van der Waals surface area contributed by atoms with Crippen LogP contribution in [-0.4, -0.2) is 59.3 Å². The van der Waals surface area contributed by atoms with Crippen molar-refractivity contribution >= 4 is 57.6 Å². The highest BCUT2D eigenvalue weighted by atomic mass is 35.5. The molecule has 1 fully saturated rings. The number of piperidine rings is 1. The lowest BCUT2D eigenvalue weighted by atomic mass is 10.0. The SMILES string of the molecule is CN1CCC(N(C)c2ccc(NC(=S)Nc3ccc(NC(=O)c4cn[nH]c4)cc3)cc2Cl)CC1. The molecule has 0 unspecified atom stereocenters. The molecule has 1 aromatic heterocycles. The molecule has 3 aromatic rings. The van der Waals surface area contributed by atoms with E-state index in [4.69, 9.17) is 23.8 Å². The summed E-state index contributed by atoms with van der Waals surface area (Å²) in [5, 5.41) is 16.7. The Bertz CT molecular complexity index is 1130. The molecule has 0 radical (unpaired) electrons. The maximum atomic E-state index is 12.1. The molecule has 1 aliphatic heterocycles. The molecule has 4 N–H and O–H groups in total. The highest BCUT2D eigenvalue weighted by Crippen LogP contribution is 2.31. The van der Waals surface area contributed by atoms with Crippen LogP contribution in [0.3, 0.4) is 0 Å². The lowest BCUT2D eigenvalue weighted by Gasteiger charge is -2.36. The minimum absolute atomic E-state index is 0.228. The van der Waals surface area contributed by atoms with Gasteiger partial charge in [0.05, 0.1) is 22.5 Å². The molecule has 34 heavy (non-hydrogen) atoms. The highest BCUT2D eigenvalue weighted by Gasteiger charge is 2.22. The van der Waals surface area contributed by atoms with Crippen molar-refractivity contribution < 1.29 is 4.79 Å². The molecule has 8 nitrogen and oxygen atoms in total. The summed E-state index contributed by atoms with van der Waals surface area (Å²) >= 11 is 12.1. The standard InChI is InChI=1S/C24H28ClN7OS/c1-31-11-9-20(10-12-31)32(2)22-8-7-19(13-21(22)25)30-24(34)29-18-5-3-17(4-6-18)28-23(33)16-14-26-27-15-16/h3-8,13-15,20H,9-12H2,1-2H3,(H,26,27)(H,28,33)(H2,29,30,34). The lowest BCUT2D eigenvalue weighted by molar-refractivity contribution is 0.102. The largest absolute Gasteiger partial charge is 0.370 e. The summed E-state index contributed by atoms with van der Waals surface area (Å²) in [6.45, 7) is 2.20. The summed E-state index contributed by atoms with van der Waals surface area (Å²) in [6, 6.07) is 13.7. The van der Waals surface area contributed by atoms with Crippen LogP contribution in [0.4, 0.5) is 22.7 Å². The second kappa shape index (κ2) is 10.9. The highest BCUT2D eigenvalue weighted by molar-refractivity contribution is 7.80. The zero-order valence-electron chi connectivity index (χ0n) is 19.1. The van der Waals surface area contributed by atoms with Crippen molar-refractivity contribution in [1.82, 2.24) is 15.1 Å². The fraction of sp³-hybridized carbons (Fsp3) is 0.292. The Hall–Kier alpha value is -3.14. The van der Waals surface area contributed by atoms with Gasteiger partial charge < -0.3 is 25.8 Å². The first kappa shape index (κ1) is 24.0. The molecule has 4 rings (SSSR count). The number of benzene rings is 2. The number of nitrogens with one attached hydrogen (secondary N) is 4. The van der Waals surface area contributed by atoms with E-state index >= 15 is 0 Å². The van der Waals surface area contributed by atoms with Gasteiger partial charge in [0.2, 0.25) is 0 Å². The molecule has 0 bridgehead atoms. The number of aromatic nitrogens is 2. The number of hydrogen-bond donors (Lipinski definition) is 4. The average Bonchev–Trinajstić information content (AvgIpc) is 3.36. The zero-order chi connectivity index (χ0) is 24.1. The van der Waals surface area contributed by atoms with Crippen molar-refractivity contribution in [2.75, 3.05) is 48.0 Å². The molecule has 2 aromatic carbocycles. The quantitative estimate of drug-likeness (QED) is 0.368. The van der Waals surface area contributed by atoms with Crippen LogP contribution in [-0.2, 0) is 0 Å². The molecular formula is C24H28ClN7OS. The smallest absolute Gasteiger partial charge is 0.258 e. The van der Waals surface area contributed by atoms with Gasteiger partial charge in [-0.3, -0.25) is 9.89 Å². The molecule has 0 aliphatic carbocycles. The number of halogens is 1. The van der Waals surface area contributed by atoms with Crippen molar-refractivity contribution in [2.24, 2.45) is 0 Å². The summed E-state index contributed by atoms with van der Waals surface area (Å²) in [5.74, 6) is -0.228. The first-order valence-electron chi connectivity index (χ1n) is 11.1. The number of nitrogens with zero attached hydrogens (tertiary/aromatic N) is 3. The Kier molecular flexibility index (Phi) is 7.66. The predicted molar refractivity (Wildman–Crippen MR) is 143 cm³/mol. The second-order valence-electron chi connectivity index (χ2n) is 8.41. The maximum absolute atomic E-state index is 12.1. The van der Waals surface area contributed by atoms with Crippen LogP contribution in [0.15, 0.2) is 54.9 Å². The van der Waals surface area contributed by atoms with E-state index in [1.165, 1.54) is 6.20 Å². The molecule has 10 heteroatoms. The number of likely N-dealkylation sites (tertiary alicyclic amines) is 1. The van der Waals surface area contributed by atoms with E-state index in [0.717, 1.165) is 43.0 Å². The first-order chi connectivity index (χ1) is 16.4. The number of H-pyrrole nitrogens is 1. The van der Waals surface area contributed by atoms with Crippen LogP contribution < -0.4 is 20.9 Å². The summed E-state index contributed by atoms with van der Waals surface area (Å²) in [6.07, 6.45) is 5.27. The number of carbonyl (C=O) groups is 1. The van der Waals surface area contributed by atoms with Crippen molar-refractivity contribution in [1.29, 1.82) is 0 Å². The molecule has 0 atom stereocenters. The Morgan fingerprint density at radius 2 is 1.71 bits per heavy atom. The van der Waals surface area contributed by atoms with Gasteiger partial charge in [0.15, 0.2) is 5.11 Å². The van der Waals surface area contributed by atoms with Crippen molar-refractivity contribution in [3.8, 4) is 0 Å². The number of rotatable bonds is 6. The number of aromatic amines is 1. The van der Waals surface area contributed by atoms with Gasteiger partial charge in [0.25, 0.3) is 5.91 Å². The summed E-state index contributed by atoms with van der Waals surface area (Å²) in [4.78, 5) is 16.7. The van der Waals surface area contributed by atoms with Gasteiger partial charge in [0, 0.05) is 36.3 Å². The van der Waals surface area contributed by atoms with Gasteiger partial charge in [0.1, 0.15) is 0 Å². The third-order valence-electron chi connectivity index (χ3n) is 5.98. The summed E-state index contributed by atoms with van der Waals surface area (Å²) in [7, 11) is 4.27. The van der Waals surface area contributed by atoms with Crippen LogP contribution >= 0.6 is 23.8 Å². The van der Waals surface area contributed by atoms with Crippen LogP contribution in [0, 0.1) is 0 Å². The van der Waals surface area contributed by atoms with Gasteiger partial charge in [-0.15, -0.1) is 0 Å². The number of amides is 1. The van der Waals surface area contributed by atoms with Gasteiger partial charge in [-0.25, -0.2) is 0 Å². The Balaban J connectivity index is 1.31. The molecule has 1 amide bonds. The van der Waals surface area contributed by atoms with Crippen LogP contribution in [0.25, 0.3) is 0 Å². The topological polar surface area (TPSA) is 88.3 Å². The van der Waals surface area contributed by atoms with E-state index in [0.29, 0.717) is 27.4 Å². The minimum atomic E-state index is -0.228. The first-order valence-corrected chi connectivity index (χ1v) is 11.9. The second-order valence-corrected chi connectivity index (χ2v) is 9.22. The minimum Gasteiger partial charge on any atom is -0.370 e. The Morgan fingerprint density at radius 3 is 2.32 bits per heavy atom. The van der Waals surface area contributed by atoms with Gasteiger partial charge in [-0.2, -0.15) is 5.10 Å². The van der Waals surface area contributed by atoms with E-state index in [2.05, 4.69) is 50.0 Å². The van der Waals surface area contributed by atoms with Crippen molar-refractivity contribution in [3.63, 3.8) is 0 Å². The average molecular weight is 498 g/mol. The fourth-order valence-corrected chi connectivity index (χ4v) is 4.51. The molecule has 0 spiro atoms. The summed E-state index contributed by atoms with van der Waals surface area (Å²) < 4.78 is 0. The third kappa shape index (κ3) is 6.05. The maximum Gasteiger partial charge on any atom is 0.258 e. The Labute approximate surface area is 209 Å². The molecule has 1 saturated heterocycles. The van der Waals surface area contributed by atoms with Crippen molar-refractivity contribution in [3.05, 3.63) is 65.4 Å². The van der Waals surface area contributed by atoms with Crippen LogP contribution in [0.2, 0.25) is 5.02 Å². The summed E-state index contributed by atoms with van der Waals surface area (Å²) in [5.41, 5.74) is 3.77. The number of hydrogen-bond acceptors (Lipinski definition) is 5. The Morgan fingerprint density at radius 1 is 1.09 bits per heavy atom. The normalized spacial score (nSPS) is 14.4. The number of thiocarbonyl (C=S) groups is 1. The predicted octanol–water partition coefficient (Wildman–Crippen LogP) is 4.65. The number of carbonyl (C=O) groups excluding carboxylic acids is 1. The molecule has 1 aliphatic rings. The zero-order valence-corrected chi connectivity index (χ0v) is 20.7. The van der Waals surface area contributed by atoms with E-state index < -0.39 is 0 Å². The molecule has 0 saturated carbocycles. The fourth-order valence-electron chi connectivity index (χ4n) is 3.96. The van der Waals surface area contributed by atoms with Crippen LogP contribution in [0.1, 0.15) is 23.2 Å². The van der Waals surface area contributed by atoms with E-state index in [9.17, 15) is 4.79 Å². The number of anilines is 4. The van der Waals surface area contributed by atoms with E-state index in [1.807, 2.05) is 30.3 Å². The lowest BCUT2D eigenvalue weighted by Crippen LogP contribution is -2.42. The molecule has 2 heterocycles. The third-order valence-corrected chi connectivity index (χ3v) is 6.49. The molecule has 178 valence electrons. The van der Waals surface area contributed by atoms with E-state index in [1.54, 1.807) is 18.3 Å². The monoisotopic (exact) mass is 497 g/mol. The molecular weight excluding hydrogens is 470 g/mol. The van der Waals surface area contributed by atoms with E-state index in [-0.39, 0.29) is 5.91 Å². The van der Waals surface area contributed by atoms with Gasteiger partial charge in [-0.1, -0.05) is 11.6 Å².